The van der Waals surface area contributed by atoms with Crippen molar-refractivity contribution in [2.75, 3.05) is 23.3 Å². The van der Waals surface area contributed by atoms with Crippen molar-refractivity contribution in [2.24, 2.45) is 0 Å². The molecule has 2 heterocycles. The lowest BCUT2D eigenvalue weighted by atomic mass is 10.0. The molecule has 30 heavy (non-hydrogen) atoms. The van der Waals surface area contributed by atoms with Crippen LogP contribution >= 0.6 is 0 Å². The van der Waals surface area contributed by atoms with E-state index in [1.165, 1.54) is 6.07 Å². The number of hydrogen-bond donors (Lipinski definition) is 2. The minimum atomic E-state index is -0.452. The summed E-state index contributed by atoms with van der Waals surface area (Å²) in [6.45, 7) is 1.51. The number of nitriles is 1. The summed E-state index contributed by atoms with van der Waals surface area (Å²) in [4.78, 5) is 29.8. The number of aromatic nitrogens is 1. The van der Waals surface area contributed by atoms with Crippen LogP contribution in [-0.4, -0.2) is 41.0 Å². The molecule has 1 aromatic heterocycles. The molecule has 0 unspecified atom stereocenters. The van der Waals surface area contributed by atoms with Gasteiger partial charge in [-0.15, -0.1) is 0 Å². The molecule has 1 aromatic carbocycles. The number of anilines is 2. The van der Waals surface area contributed by atoms with E-state index in [4.69, 9.17) is 5.26 Å². The minimum Gasteiger partial charge on any atom is -0.377 e. The molecule has 154 valence electrons. The number of benzene rings is 1. The Balaban J connectivity index is 1.39. The first kappa shape index (κ1) is 19.6. The number of nitro benzene ring substituents is 1. The largest absolute Gasteiger partial charge is 0.377 e. The summed E-state index contributed by atoms with van der Waals surface area (Å²) in [5.74, 6) is 0.555. The molecule has 2 N–H and O–H groups in total. The molecule has 2 aliphatic rings. The standard InChI is InChI=1S/C21H22N6O3/c22-12-14-1-6-20(23-13-14)26-9-7-17(8-10-26)24-18-5-2-15(11-19(18)27(29)30)21(28)25-16-3-4-16/h1-2,5-6,11,13,16-17,24H,3-4,7-10H2,(H,25,28). The fourth-order valence-corrected chi connectivity index (χ4v) is 3.55. The molecular formula is C21H22N6O3. The second-order valence-electron chi connectivity index (χ2n) is 7.66. The molecule has 9 heteroatoms. The fourth-order valence-electron chi connectivity index (χ4n) is 3.55. The number of nitro groups is 1. The van der Waals surface area contributed by atoms with Gasteiger partial charge in [0.1, 0.15) is 17.6 Å². The van der Waals surface area contributed by atoms with Crippen molar-refractivity contribution in [2.45, 2.75) is 37.8 Å². The van der Waals surface area contributed by atoms with Gasteiger partial charge >= 0.3 is 0 Å². The molecule has 4 rings (SSSR count). The van der Waals surface area contributed by atoms with E-state index < -0.39 is 4.92 Å². The number of piperidine rings is 1. The van der Waals surface area contributed by atoms with Crippen molar-refractivity contribution >= 4 is 23.1 Å². The van der Waals surface area contributed by atoms with Crippen molar-refractivity contribution in [3.8, 4) is 6.07 Å². The molecule has 9 nitrogen and oxygen atoms in total. The Bertz CT molecular complexity index is 989. The van der Waals surface area contributed by atoms with Gasteiger partial charge in [-0.2, -0.15) is 5.26 Å². The normalized spacial score (nSPS) is 16.6. The summed E-state index contributed by atoms with van der Waals surface area (Å²) in [7, 11) is 0. The van der Waals surface area contributed by atoms with E-state index in [0.717, 1.165) is 44.6 Å². The quantitative estimate of drug-likeness (QED) is 0.558. The van der Waals surface area contributed by atoms with E-state index >= 15 is 0 Å². The first-order chi connectivity index (χ1) is 14.5. The average molecular weight is 406 g/mol. The Morgan fingerprint density at radius 1 is 1.17 bits per heavy atom. The number of hydrogen-bond acceptors (Lipinski definition) is 7. The van der Waals surface area contributed by atoms with Gasteiger partial charge < -0.3 is 15.5 Å². The van der Waals surface area contributed by atoms with Gasteiger partial charge in [0.15, 0.2) is 0 Å². The van der Waals surface area contributed by atoms with Gasteiger partial charge in [-0.25, -0.2) is 4.98 Å². The van der Waals surface area contributed by atoms with Crippen LogP contribution in [0.1, 0.15) is 41.6 Å². The van der Waals surface area contributed by atoms with Gasteiger partial charge in [-0.05, 0) is 49.9 Å². The Morgan fingerprint density at radius 2 is 1.93 bits per heavy atom. The lowest BCUT2D eigenvalue weighted by molar-refractivity contribution is -0.384. The maximum absolute atomic E-state index is 12.2. The summed E-state index contributed by atoms with van der Waals surface area (Å²) in [5, 5.41) is 26.6. The number of nitrogens with zero attached hydrogens (tertiary/aromatic N) is 4. The smallest absolute Gasteiger partial charge is 0.293 e. The summed E-state index contributed by atoms with van der Waals surface area (Å²) >= 11 is 0. The summed E-state index contributed by atoms with van der Waals surface area (Å²) in [6.07, 6.45) is 5.07. The van der Waals surface area contributed by atoms with Crippen LogP contribution in [0.4, 0.5) is 17.2 Å². The molecule has 0 spiro atoms. The predicted molar refractivity (Wildman–Crippen MR) is 111 cm³/mol. The van der Waals surface area contributed by atoms with Crippen LogP contribution in [0, 0.1) is 21.4 Å². The van der Waals surface area contributed by atoms with Gasteiger partial charge in [-0.1, -0.05) is 0 Å². The van der Waals surface area contributed by atoms with E-state index in [2.05, 4.69) is 26.6 Å². The summed E-state index contributed by atoms with van der Waals surface area (Å²) in [5.41, 5.74) is 1.17. The summed E-state index contributed by atoms with van der Waals surface area (Å²) < 4.78 is 0. The van der Waals surface area contributed by atoms with Crippen molar-refractivity contribution in [1.82, 2.24) is 10.3 Å². The summed E-state index contributed by atoms with van der Waals surface area (Å²) in [6, 6.07) is 10.5. The van der Waals surface area contributed by atoms with Gasteiger partial charge in [0.2, 0.25) is 0 Å². The van der Waals surface area contributed by atoms with Crippen LogP contribution in [0.5, 0.6) is 0 Å². The Morgan fingerprint density at radius 3 is 2.53 bits per heavy atom. The lowest BCUT2D eigenvalue weighted by Gasteiger charge is -2.33. The van der Waals surface area contributed by atoms with Crippen molar-refractivity contribution in [1.29, 1.82) is 5.26 Å². The molecule has 0 radical (unpaired) electrons. The fraction of sp³-hybridized carbons (Fsp3) is 0.381. The third-order valence-corrected chi connectivity index (χ3v) is 5.42. The molecule has 1 aliphatic carbocycles. The maximum Gasteiger partial charge on any atom is 0.293 e. The van der Waals surface area contributed by atoms with Gasteiger partial charge in [0.05, 0.1) is 10.5 Å². The van der Waals surface area contributed by atoms with E-state index in [1.54, 1.807) is 24.4 Å². The second kappa shape index (κ2) is 8.37. The highest BCUT2D eigenvalue weighted by Crippen LogP contribution is 2.29. The molecule has 0 atom stereocenters. The highest BCUT2D eigenvalue weighted by atomic mass is 16.6. The molecule has 2 aromatic rings. The number of nitrogens with one attached hydrogen (secondary N) is 2. The van der Waals surface area contributed by atoms with E-state index in [9.17, 15) is 14.9 Å². The van der Waals surface area contributed by atoms with Crippen LogP contribution in [0.3, 0.4) is 0 Å². The maximum atomic E-state index is 12.2. The van der Waals surface area contributed by atoms with Gasteiger partial charge in [0, 0.05) is 43.0 Å². The van der Waals surface area contributed by atoms with E-state index in [-0.39, 0.29) is 23.7 Å². The highest BCUT2D eigenvalue weighted by molar-refractivity contribution is 5.96. The number of rotatable bonds is 6. The van der Waals surface area contributed by atoms with Crippen molar-refractivity contribution in [3.63, 3.8) is 0 Å². The van der Waals surface area contributed by atoms with E-state index in [1.807, 2.05) is 6.07 Å². The first-order valence-electron chi connectivity index (χ1n) is 10.0. The third kappa shape index (κ3) is 4.49. The average Bonchev–Trinajstić information content (AvgIpc) is 3.58. The van der Waals surface area contributed by atoms with Crippen molar-refractivity contribution < 1.29 is 9.72 Å². The zero-order chi connectivity index (χ0) is 21.1. The molecule has 1 aliphatic heterocycles. The minimum absolute atomic E-state index is 0.0875. The van der Waals surface area contributed by atoms with Gasteiger partial charge in [0.25, 0.3) is 11.6 Å². The number of carbonyl (C=O) groups is 1. The SMILES string of the molecule is N#Cc1ccc(N2CCC(Nc3ccc(C(=O)NC4CC4)cc3[N+](=O)[O-])CC2)nc1. The molecule has 2 fully saturated rings. The van der Waals surface area contributed by atoms with Crippen LogP contribution in [0.15, 0.2) is 36.5 Å². The number of pyridine rings is 1. The molecule has 1 amide bonds. The predicted octanol–water partition coefficient (Wildman–Crippen LogP) is 2.83. The lowest BCUT2D eigenvalue weighted by Crippen LogP contribution is -2.39. The number of carbonyl (C=O) groups excluding carboxylic acids is 1. The number of amides is 1. The first-order valence-corrected chi connectivity index (χ1v) is 10.0. The van der Waals surface area contributed by atoms with Crippen LogP contribution in [-0.2, 0) is 0 Å². The molecule has 1 saturated heterocycles. The van der Waals surface area contributed by atoms with Gasteiger partial charge in [-0.3, -0.25) is 14.9 Å². The topological polar surface area (TPSA) is 124 Å². The van der Waals surface area contributed by atoms with Crippen LogP contribution in [0.2, 0.25) is 0 Å². The van der Waals surface area contributed by atoms with Crippen LogP contribution in [0.25, 0.3) is 0 Å². The Hall–Kier alpha value is -3.67. The highest BCUT2D eigenvalue weighted by Gasteiger charge is 2.26. The third-order valence-electron chi connectivity index (χ3n) is 5.42. The Labute approximate surface area is 173 Å². The van der Waals surface area contributed by atoms with E-state index in [0.29, 0.717) is 16.8 Å². The Kier molecular flexibility index (Phi) is 5.48. The second-order valence-corrected chi connectivity index (χ2v) is 7.66. The zero-order valence-corrected chi connectivity index (χ0v) is 16.4. The molecule has 0 bridgehead atoms. The van der Waals surface area contributed by atoms with Crippen LogP contribution < -0.4 is 15.5 Å². The monoisotopic (exact) mass is 406 g/mol. The molecule has 1 saturated carbocycles. The molecular weight excluding hydrogens is 384 g/mol. The van der Waals surface area contributed by atoms with Crippen molar-refractivity contribution in [3.05, 3.63) is 57.8 Å². The zero-order valence-electron chi connectivity index (χ0n) is 16.4.